The van der Waals surface area contributed by atoms with Crippen LogP contribution in [0.3, 0.4) is 0 Å². The largest absolute Gasteiger partial charge is 0.494 e. The maximum atomic E-state index is 12.2. The van der Waals surface area contributed by atoms with Crippen LogP contribution in [-0.4, -0.2) is 12.1 Å². The van der Waals surface area contributed by atoms with Crippen LogP contribution in [0.5, 0.6) is 5.75 Å². The molecule has 1 aromatic rings. The fourth-order valence-corrected chi connectivity index (χ4v) is 0.456. The van der Waals surface area contributed by atoms with E-state index in [-0.39, 0.29) is 0 Å². The van der Waals surface area contributed by atoms with Gasteiger partial charge in [-0.15, -0.1) is 0 Å². The summed E-state index contributed by atoms with van der Waals surface area (Å²) in [5.74, 6) is -0.190. The van der Waals surface area contributed by atoms with Gasteiger partial charge in [0.25, 0.3) is 0 Å². The summed E-state index contributed by atoms with van der Waals surface area (Å²) in [6.45, 7) is 0. The monoisotopic (exact) mass is 126 g/mol. The molecule has 1 rings (SSSR count). The molecule has 0 aliphatic carbocycles. The van der Waals surface area contributed by atoms with Crippen molar-refractivity contribution >= 4 is 0 Å². The molecule has 3 heteroatoms. The highest BCUT2D eigenvalue weighted by atomic mass is 19.1. The molecule has 0 fully saturated rings. The third-order valence-corrected chi connectivity index (χ3v) is 0.842. The topological polar surface area (TPSA) is 22.1 Å². The lowest BCUT2D eigenvalue weighted by molar-refractivity contribution is 0.407. The van der Waals surface area contributed by atoms with Crippen molar-refractivity contribution in [3.05, 3.63) is 24.3 Å². The average molecular weight is 126 g/mol. The van der Waals surface area contributed by atoms with Gasteiger partial charge in [-0.1, -0.05) is 0 Å². The molecule has 1 aromatic heterocycles. The Morgan fingerprint density at radius 1 is 1.67 bits per heavy atom. The Kier molecular flexibility index (Phi) is 1.63. The zero-order valence-electron chi connectivity index (χ0n) is 4.89. The van der Waals surface area contributed by atoms with E-state index in [2.05, 4.69) is 15.8 Å². The Bertz CT molecular complexity index is 202. The lowest BCUT2D eigenvalue weighted by atomic mass is 10.4. The first-order chi connectivity index (χ1) is 4.33. The van der Waals surface area contributed by atoms with E-state index in [1.807, 2.05) is 0 Å². The number of methoxy groups -OCH3 is 1. The summed E-state index contributed by atoms with van der Waals surface area (Å²) >= 11 is 0. The van der Waals surface area contributed by atoms with Crippen LogP contribution in [0.2, 0.25) is 0 Å². The second kappa shape index (κ2) is 2.44. The van der Waals surface area contributed by atoms with Gasteiger partial charge in [-0.05, 0) is 0 Å². The summed E-state index contributed by atoms with van der Waals surface area (Å²) < 4.78 is 16.8. The zero-order valence-corrected chi connectivity index (χ0v) is 4.89. The summed E-state index contributed by atoms with van der Waals surface area (Å²) in [5.41, 5.74) is 0. The van der Waals surface area contributed by atoms with Crippen molar-refractivity contribution in [1.82, 2.24) is 4.98 Å². The normalized spacial score (nSPS) is 9.11. The molecule has 0 unspecified atom stereocenters. The van der Waals surface area contributed by atoms with Crippen LogP contribution in [0, 0.1) is 11.9 Å². The number of ether oxygens (including phenoxy) is 1. The lowest BCUT2D eigenvalue weighted by Crippen LogP contribution is -1.85. The molecule has 0 aromatic carbocycles. The minimum Gasteiger partial charge on any atom is -0.494 e. The molecule has 0 saturated carbocycles. The Morgan fingerprint density at radius 3 is 2.89 bits per heavy atom. The highest BCUT2D eigenvalue weighted by Crippen LogP contribution is 2.06. The van der Waals surface area contributed by atoms with E-state index < -0.39 is 5.82 Å². The number of hydrogen-bond acceptors (Lipinski definition) is 2. The van der Waals surface area contributed by atoms with Crippen LogP contribution in [0.25, 0.3) is 0 Å². The zero-order chi connectivity index (χ0) is 6.69. The van der Waals surface area contributed by atoms with Crippen LogP contribution in [0.15, 0.2) is 12.4 Å². The maximum Gasteiger partial charge on any atom is 0.153 e. The standard InChI is InChI=1S/C6H5FNO/c1-9-6-2-5(7)3-8-4-6/h3-4H,1H3. The van der Waals surface area contributed by atoms with Crippen LogP contribution in [0.4, 0.5) is 4.39 Å². The fraction of sp³-hybridized carbons (Fsp3) is 0.167. The molecule has 0 bridgehead atoms. The first-order valence-electron chi connectivity index (χ1n) is 2.40. The molecule has 1 heterocycles. The third-order valence-electron chi connectivity index (χ3n) is 0.842. The van der Waals surface area contributed by atoms with Gasteiger partial charge in [0.1, 0.15) is 5.75 Å². The summed E-state index contributed by atoms with van der Waals surface area (Å²) in [6.07, 6.45) is 2.46. The van der Waals surface area contributed by atoms with Gasteiger partial charge in [0.2, 0.25) is 0 Å². The number of halogens is 1. The smallest absolute Gasteiger partial charge is 0.153 e. The van der Waals surface area contributed by atoms with Gasteiger partial charge in [-0.2, -0.15) is 0 Å². The molecule has 2 nitrogen and oxygen atoms in total. The molecular formula is C6H5FNO. The predicted molar refractivity (Wildman–Crippen MR) is 29.6 cm³/mol. The molecule has 47 valence electrons. The molecule has 0 atom stereocenters. The van der Waals surface area contributed by atoms with E-state index in [1.54, 1.807) is 0 Å². The van der Waals surface area contributed by atoms with Crippen LogP contribution >= 0.6 is 0 Å². The van der Waals surface area contributed by atoms with E-state index in [1.165, 1.54) is 13.3 Å². The van der Waals surface area contributed by atoms with Gasteiger partial charge in [-0.25, -0.2) is 4.39 Å². The van der Waals surface area contributed by atoms with Crippen LogP contribution in [0.1, 0.15) is 0 Å². The highest BCUT2D eigenvalue weighted by Gasteiger charge is 1.92. The van der Waals surface area contributed by atoms with Gasteiger partial charge in [-0.3, -0.25) is 4.98 Å². The number of rotatable bonds is 1. The maximum absolute atomic E-state index is 12.2. The summed E-state index contributed by atoms with van der Waals surface area (Å²) in [5, 5.41) is 0. The van der Waals surface area contributed by atoms with E-state index >= 15 is 0 Å². The molecule has 9 heavy (non-hydrogen) atoms. The molecular weight excluding hydrogens is 121 g/mol. The van der Waals surface area contributed by atoms with Crippen molar-refractivity contribution in [2.45, 2.75) is 0 Å². The average Bonchev–Trinajstić information content (AvgIpc) is 1.88. The quantitative estimate of drug-likeness (QED) is 0.560. The molecule has 0 aliphatic heterocycles. The van der Waals surface area contributed by atoms with Crippen molar-refractivity contribution in [1.29, 1.82) is 0 Å². The number of hydrogen-bond donors (Lipinski definition) is 0. The lowest BCUT2D eigenvalue weighted by Gasteiger charge is -1.94. The molecule has 0 N–H and O–H groups in total. The van der Waals surface area contributed by atoms with Gasteiger partial charge in [0.15, 0.2) is 5.82 Å². The minimum absolute atomic E-state index is 0.315. The van der Waals surface area contributed by atoms with Crippen molar-refractivity contribution in [2.24, 2.45) is 0 Å². The van der Waals surface area contributed by atoms with Crippen molar-refractivity contribution < 1.29 is 9.13 Å². The van der Waals surface area contributed by atoms with E-state index in [4.69, 9.17) is 0 Å². The van der Waals surface area contributed by atoms with Crippen molar-refractivity contribution in [2.75, 3.05) is 7.11 Å². The summed E-state index contributed by atoms with van der Waals surface area (Å²) in [4.78, 5) is 3.52. The highest BCUT2D eigenvalue weighted by molar-refractivity contribution is 5.14. The Hall–Kier alpha value is -1.12. The second-order valence-corrected chi connectivity index (χ2v) is 1.45. The number of aromatic nitrogens is 1. The van der Waals surface area contributed by atoms with Gasteiger partial charge < -0.3 is 4.74 Å². The Labute approximate surface area is 52.3 Å². The van der Waals surface area contributed by atoms with E-state index in [0.29, 0.717) is 5.75 Å². The first-order valence-corrected chi connectivity index (χ1v) is 2.40. The molecule has 0 aliphatic rings. The summed E-state index contributed by atoms with van der Waals surface area (Å²) in [6, 6.07) is 2.31. The predicted octanol–water partition coefficient (Wildman–Crippen LogP) is 1.03. The van der Waals surface area contributed by atoms with E-state index in [9.17, 15) is 4.39 Å². The summed E-state index contributed by atoms with van der Waals surface area (Å²) in [7, 11) is 1.44. The molecule has 0 spiro atoms. The fourth-order valence-electron chi connectivity index (χ4n) is 0.456. The molecule has 0 amide bonds. The molecule has 0 saturated heterocycles. The van der Waals surface area contributed by atoms with Crippen LogP contribution in [-0.2, 0) is 0 Å². The second-order valence-electron chi connectivity index (χ2n) is 1.45. The minimum atomic E-state index is -0.505. The third kappa shape index (κ3) is 1.38. The van der Waals surface area contributed by atoms with Crippen molar-refractivity contribution in [3.8, 4) is 5.75 Å². The number of pyridine rings is 1. The van der Waals surface area contributed by atoms with Crippen LogP contribution < -0.4 is 4.74 Å². The van der Waals surface area contributed by atoms with Crippen molar-refractivity contribution in [3.63, 3.8) is 0 Å². The Morgan fingerprint density at radius 2 is 2.44 bits per heavy atom. The first kappa shape index (κ1) is 6.01. The van der Waals surface area contributed by atoms with Gasteiger partial charge in [0, 0.05) is 0 Å². The van der Waals surface area contributed by atoms with E-state index in [0.717, 1.165) is 6.20 Å². The van der Waals surface area contributed by atoms with Gasteiger partial charge in [0.05, 0.1) is 25.6 Å². The molecule has 1 radical (unpaired) electrons. The van der Waals surface area contributed by atoms with Gasteiger partial charge >= 0.3 is 0 Å². The number of nitrogens with zero attached hydrogens (tertiary/aromatic N) is 1. The SMILES string of the molecule is COc1[c]c(F)cnc1. The Balaban J connectivity index is 2.94.